The van der Waals surface area contributed by atoms with E-state index in [1.807, 2.05) is 4.81 Å². The highest BCUT2D eigenvalue weighted by molar-refractivity contribution is 6.41. The standard InChI is InChI=1S/C7H14BCl2NO2/c9-2-4-11(5-3-10)8-12-6-1-7-13-8/h1-7H2. The zero-order valence-corrected chi connectivity index (χ0v) is 9.06. The minimum absolute atomic E-state index is 0.244. The quantitative estimate of drug-likeness (QED) is 0.519. The first kappa shape index (κ1) is 11.6. The molecule has 1 fully saturated rings. The number of hydrogen-bond donors (Lipinski definition) is 0. The molecule has 1 saturated heterocycles. The van der Waals surface area contributed by atoms with E-state index in [2.05, 4.69) is 0 Å². The molecular formula is C7H14BCl2NO2. The Hall–Kier alpha value is 0.525. The summed E-state index contributed by atoms with van der Waals surface area (Å²) in [5.41, 5.74) is 0. The summed E-state index contributed by atoms with van der Waals surface area (Å²) in [5.74, 6) is 1.14. The van der Waals surface area contributed by atoms with Crippen LogP contribution in [-0.2, 0) is 9.31 Å². The molecule has 3 nitrogen and oxygen atoms in total. The Balaban J connectivity index is 2.32. The van der Waals surface area contributed by atoms with Crippen molar-refractivity contribution in [2.45, 2.75) is 6.42 Å². The summed E-state index contributed by atoms with van der Waals surface area (Å²) < 4.78 is 10.9. The van der Waals surface area contributed by atoms with Gasteiger partial charge in [-0.2, -0.15) is 0 Å². The zero-order valence-electron chi connectivity index (χ0n) is 7.55. The minimum atomic E-state index is -0.244. The Morgan fingerprint density at radius 1 is 1.08 bits per heavy atom. The molecule has 0 aliphatic carbocycles. The molecule has 0 amide bonds. The highest BCUT2D eigenvalue weighted by Gasteiger charge is 2.29. The van der Waals surface area contributed by atoms with Crippen molar-refractivity contribution in [1.29, 1.82) is 0 Å². The molecule has 6 heteroatoms. The van der Waals surface area contributed by atoms with Crippen LogP contribution < -0.4 is 0 Å². The Morgan fingerprint density at radius 3 is 2.08 bits per heavy atom. The Morgan fingerprint density at radius 2 is 1.62 bits per heavy atom. The van der Waals surface area contributed by atoms with Gasteiger partial charge in [-0.05, 0) is 6.42 Å². The van der Waals surface area contributed by atoms with Crippen LogP contribution in [0.2, 0.25) is 0 Å². The molecular weight excluding hydrogens is 212 g/mol. The predicted octanol–water partition coefficient (Wildman–Crippen LogP) is 1.19. The van der Waals surface area contributed by atoms with Crippen molar-refractivity contribution < 1.29 is 9.31 Å². The van der Waals surface area contributed by atoms with Crippen molar-refractivity contribution in [3.05, 3.63) is 0 Å². The molecule has 76 valence electrons. The summed E-state index contributed by atoms with van der Waals surface area (Å²) in [4.78, 5) is 2.01. The maximum absolute atomic E-state index is 5.66. The topological polar surface area (TPSA) is 21.7 Å². The van der Waals surface area contributed by atoms with Gasteiger partial charge in [-0.1, -0.05) is 0 Å². The van der Waals surface area contributed by atoms with Crippen molar-refractivity contribution in [1.82, 2.24) is 4.81 Å². The summed E-state index contributed by atoms with van der Waals surface area (Å²) >= 11 is 11.3. The van der Waals surface area contributed by atoms with Crippen LogP contribution in [0, 0.1) is 0 Å². The first-order valence-electron chi connectivity index (χ1n) is 4.47. The third-order valence-corrected chi connectivity index (χ3v) is 2.19. The molecule has 13 heavy (non-hydrogen) atoms. The van der Waals surface area contributed by atoms with E-state index in [-0.39, 0.29) is 7.25 Å². The van der Waals surface area contributed by atoms with Crippen molar-refractivity contribution in [3.63, 3.8) is 0 Å². The van der Waals surface area contributed by atoms with E-state index >= 15 is 0 Å². The lowest BCUT2D eigenvalue weighted by Crippen LogP contribution is -2.48. The van der Waals surface area contributed by atoms with Gasteiger partial charge in [0.2, 0.25) is 0 Å². The summed E-state index contributed by atoms with van der Waals surface area (Å²) in [6, 6.07) is 0. The van der Waals surface area contributed by atoms with Gasteiger partial charge in [-0.15, -0.1) is 23.2 Å². The van der Waals surface area contributed by atoms with Gasteiger partial charge >= 0.3 is 7.25 Å². The van der Waals surface area contributed by atoms with Crippen LogP contribution in [0.3, 0.4) is 0 Å². The van der Waals surface area contributed by atoms with Gasteiger partial charge in [0.1, 0.15) is 0 Å². The smallest absolute Gasteiger partial charge is 0.397 e. The van der Waals surface area contributed by atoms with Gasteiger partial charge in [0.05, 0.1) is 0 Å². The lowest BCUT2D eigenvalue weighted by atomic mass is 10.0. The lowest BCUT2D eigenvalue weighted by molar-refractivity contribution is 0.0947. The van der Waals surface area contributed by atoms with E-state index in [0.29, 0.717) is 11.8 Å². The second-order valence-electron chi connectivity index (χ2n) is 2.82. The van der Waals surface area contributed by atoms with Gasteiger partial charge in [0.15, 0.2) is 0 Å². The van der Waals surface area contributed by atoms with Gasteiger partial charge in [0, 0.05) is 38.1 Å². The largest absolute Gasteiger partial charge is 0.557 e. The van der Waals surface area contributed by atoms with Crippen LogP contribution >= 0.6 is 23.2 Å². The fourth-order valence-electron chi connectivity index (χ4n) is 1.23. The second kappa shape index (κ2) is 6.90. The summed E-state index contributed by atoms with van der Waals surface area (Å²) in [5, 5.41) is 0. The van der Waals surface area contributed by atoms with E-state index in [1.54, 1.807) is 0 Å². The number of rotatable bonds is 5. The molecule has 0 aromatic heterocycles. The van der Waals surface area contributed by atoms with E-state index in [0.717, 1.165) is 32.7 Å². The van der Waals surface area contributed by atoms with E-state index in [9.17, 15) is 0 Å². The number of nitrogens with zero attached hydrogens (tertiary/aromatic N) is 1. The molecule has 0 aromatic carbocycles. The number of hydrogen-bond acceptors (Lipinski definition) is 3. The highest BCUT2D eigenvalue weighted by Crippen LogP contribution is 2.06. The molecule has 1 aliphatic rings. The molecule has 1 heterocycles. The molecule has 0 unspecified atom stereocenters. The normalized spacial score (nSPS) is 18.2. The third-order valence-electron chi connectivity index (χ3n) is 1.85. The Kier molecular flexibility index (Phi) is 6.16. The lowest BCUT2D eigenvalue weighted by Gasteiger charge is -2.28. The monoisotopic (exact) mass is 225 g/mol. The van der Waals surface area contributed by atoms with Crippen molar-refractivity contribution >= 4 is 30.5 Å². The van der Waals surface area contributed by atoms with Crippen LogP contribution in [0.1, 0.15) is 6.42 Å². The Labute approximate surface area is 89.4 Å². The first-order chi connectivity index (χ1) is 6.38. The van der Waals surface area contributed by atoms with E-state index < -0.39 is 0 Å². The number of alkyl halides is 2. The molecule has 1 rings (SSSR count). The van der Waals surface area contributed by atoms with Crippen LogP contribution in [-0.4, -0.2) is 50.1 Å². The average molecular weight is 226 g/mol. The van der Waals surface area contributed by atoms with Gasteiger partial charge < -0.3 is 9.31 Å². The molecule has 0 atom stereocenters. The van der Waals surface area contributed by atoms with Gasteiger partial charge in [-0.25, -0.2) is 0 Å². The third kappa shape index (κ3) is 4.04. The molecule has 0 radical (unpaired) electrons. The van der Waals surface area contributed by atoms with E-state index in [4.69, 9.17) is 32.5 Å². The fourth-order valence-corrected chi connectivity index (χ4v) is 1.66. The summed E-state index contributed by atoms with van der Waals surface area (Å²) in [6.07, 6.45) is 0.964. The minimum Gasteiger partial charge on any atom is -0.397 e. The van der Waals surface area contributed by atoms with E-state index in [1.165, 1.54) is 0 Å². The summed E-state index contributed by atoms with van der Waals surface area (Å²) in [6.45, 7) is 3.01. The van der Waals surface area contributed by atoms with Crippen molar-refractivity contribution in [2.75, 3.05) is 38.1 Å². The zero-order chi connectivity index (χ0) is 9.52. The maximum atomic E-state index is 5.66. The molecule has 0 aromatic rings. The maximum Gasteiger partial charge on any atom is 0.557 e. The molecule has 0 N–H and O–H groups in total. The van der Waals surface area contributed by atoms with Crippen molar-refractivity contribution in [3.8, 4) is 0 Å². The van der Waals surface area contributed by atoms with Gasteiger partial charge in [0.25, 0.3) is 0 Å². The molecule has 0 saturated carbocycles. The first-order valence-corrected chi connectivity index (χ1v) is 5.54. The molecule has 0 bridgehead atoms. The number of halogens is 2. The van der Waals surface area contributed by atoms with Gasteiger partial charge in [-0.3, -0.25) is 4.81 Å². The average Bonchev–Trinajstić information content (AvgIpc) is 2.19. The van der Waals surface area contributed by atoms with Crippen molar-refractivity contribution in [2.24, 2.45) is 0 Å². The molecule has 1 aliphatic heterocycles. The fraction of sp³-hybridized carbons (Fsp3) is 1.00. The molecule has 0 spiro atoms. The van der Waals surface area contributed by atoms with Crippen LogP contribution in [0.4, 0.5) is 0 Å². The predicted molar refractivity (Wildman–Crippen MR) is 55.3 cm³/mol. The van der Waals surface area contributed by atoms with Crippen LogP contribution in [0.15, 0.2) is 0 Å². The van der Waals surface area contributed by atoms with Crippen LogP contribution in [0.5, 0.6) is 0 Å². The summed E-state index contributed by atoms with van der Waals surface area (Å²) in [7, 11) is -0.244. The highest BCUT2D eigenvalue weighted by atomic mass is 35.5. The second-order valence-corrected chi connectivity index (χ2v) is 3.57. The van der Waals surface area contributed by atoms with Crippen LogP contribution in [0.25, 0.3) is 0 Å². The SMILES string of the molecule is ClCCN(CCCl)B1OCCCO1. The Bertz CT molecular complexity index is 130.